The number of piperidine rings is 1. The van der Waals surface area contributed by atoms with E-state index in [1.54, 1.807) is 6.07 Å². The molecular weight excluding hydrogens is 322 g/mol. The lowest BCUT2D eigenvalue weighted by Crippen LogP contribution is -2.44. The van der Waals surface area contributed by atoms with E-state index < -0.39 is 5.97 Å². The van der Waals surface area contributed by atoms with E-state index in [0.717, 1.165) is 23.7 Å². The average Bonchev–Trinajstić information content (AvgIpc) is 2.45. The Balaban J connectivity index is 2.13. The van der Waals surface area contributed by atoms with E-state index in [9.17, 15) is 9.59 Å². The quantitative estimate of drug-likeness (QED) is 0.915. The minimum atomic E-state index is -0.802. The van der Waals surface area contributed by atoms with Crippen molar-refractivity contribution < 1.29 is 14.7 Å². The molecule has 0 aromatic heterocycles. The number of rotatable bonds is 4. The second-order valence-corrected chi connectivity index (χ2v) is 5.91. The van der Waals surface area contributed by atoms with Crippen LogP contribution in [-0.2, 0) is 4.79 Å². The van der Waals surface area contributed by atoms with Gasteiger partial charge in [0, 0.05) is 23.5 Å². The lowest BCUT2D eigenvalue weighted by molar-refractivity contribution is -0.137. The molecule has 108 valence electrons. The van der Waals surface area contributed by atoms with Gasteiger partial charge in [0.1, 0.15) is 0 Å². The van der Waals surface area contributed by atoms with Crippen LogP contribution in [0.15, 0.2) is 28.7 Å². The highest BCUT2D eigenvalue weighted by Crippen LogP contribution is 2.25. The minimum absolute atomic E-state index is 0.00689. The summed E-state index contributed by atoms with van der Waals surface area (Å²) in [5.41, 5.74) is 0.648. The van der Waals surface area contributed by atoms with Crippen LogP contribution in [0.2, 0.25) is 0 Å². The van der Waals surface area contributed by atoms with E-state index >= 15 is 0 Å². The van der Waals surface area contributed by atoms with Crippen molar-refractivity contribution in [1.82, 2.24) is 4.90 Å². The molecule has 1 fully saturated rings. The van der Waals surface area contributed by atoms with Gasteiger partial charge in [0.2, 0.25) is 0 Å². The van der Waals surface area contributed by atoms with Gasteiger partial charge in [-0.1, -0.05) is 12.1 Å². The third-order valence-electron chi connectivity index (χ3n) is 3.68. The van der Waals surface area contributed by atoms with Crippen LogP contribution in [-0.4, -0.2) is 34.5 Å². The van der Waals surface area contributed by atoms with E-state index in [-0.39, 0.29) is 18.4 Å². The number of carbonyl (C=O) groups is 2. The highest BCUT2D eigenvalue weighted by Gasteiger charge is 2.28. The molecule has 0 bridgehead atoms. The topological polar surface area (TPSA) is 57.6 Å². The molecule has 0 radical (unpaired) electrons. The first-order chi connectivity index (χ1) is 9.59. The van der Waals surface area contributed by atoms with Crippen molar-refractivity contribution in [3.8, 4) is 0 Å². The van der Waals surface area contributed by atoms with E-state index in [2.05, 4.69) is 15.9 Å². The van der Waals surface area contributed by atoms with Gasteiger partial charge < -0.3 is 10.0 Å². The molecule has 0 aliphatic carbocycles. The molecule has 1 atom stereocenters. The summed E-state index contributed by atoms with van der Waals surface area (Å²) < 4.78 is 0.785. The fourth-order valence-electron chi connectivity index (χ4n) is 2.65. The van der Waals surface area contributed by atoms with Gasteiger partial charge in [0.15, 0.2) is 0 Å². The van der Waals surface area contributed by atoms with Gasteiger partial charge in [-0.2, -0.15) is 0 Å². The zero-order valence-electron chi connectivity index (χ0n) is 11.2. The Morgan fingerprint density at radius 3 is 2.75 bits per heavy atom. The van der Waals surface area contributed by atoms with Crippen molar-refractivity contribution in [3.63, 3.8) is 0 Å². The Kier molecular flexibility index (Phi) is 5.17. The molecule has 0 saturated carbocycles. The number of hydrogen-bond donors (Lipinski definition) is 1. The maximum Gasteiger partial charge on any atom is 0.303 e. The molecule has 1 aliphatic heterocycles. The molecule has 20 heavy (non-hydrogen) atoms. The number of benzene rings is 1. The Hall–Kier alpha value is -1.36. The van der Waals surface area contributed by atoms with E-state index in [1.807, 2.05) is 23.1 Å². The Morgan fingerprint density at radius 1 is 1.30 bits per heavy atom. The number of aliphatic carboxylic acids is 1. The first kappa shape index (κ1) is 15.0. The maximum atomic E-state index is 12.6. The molecule has 1 saturated heterocycles. The van der Waals surface area contributed by atoms with Gasteiger partial charge >= 0.3 is 5.97 Å². The number of carboxylic acid groups (broad SMARTS) is 1. The van der Waals surface area contributed by atoms with Gasteiger partial charge in [-0.3, -0.25) is 9.59 Å². The van der Waals surface area contributed by atoms with Gasteiger partial charge in [-0.05, 0) is 53.7 Å². The number of carboxylic acids is 1. The van der Waals surface area contributed by atoms with Gasteiger partial charge in [-0.25, -0.2) is 0 Å². The largest absolute Gasteiger partial charge is 0.481 e. The minimum Gasteiger partial charge on any atom is -0.481 e. The SMILES string of the molecule is O=C(O)CC[C@H]1CCCCN1C(=O)c1ccccc1Br. The molecule has 5 heteroatoms. The molecule has 4 nitrogen and oxygen atoms in total. The number of amides is 1. The average molecular weight is 340 g/mol. The number of carbonyl (C=O) groups excluding carboxylic acids is 1. The summed E-state index contributed by atoms with van der Waals surface area (Å²) in [5.74, 6) is -0.809. The number of nitrogens with zero attached hydrogens (tertiary/aromatic N) is 1. The van der Waals surface area contributed by atoms with E-state index in [4.69, 9.17) is 5.11 Å². The predicted molar refractivity (Wildman–Crippen MR) is 79.7 cm³/mol. The molecule has 1 aliphatic rings. The highest BCUT2D eigenvalue weighted by molar-refractivity contribution is 9.10. The van der Waals surface area contributed by atoms with Crippen LogP contribution < -0.4 is 0 Å². The van der Waals surface area contributed by atoms with Crippen molar-refractivity contribution in [2.24, 2.45) is 0 Å². The summed E-state index contributed by atoms with van der Waals surface area (Å²) in [5, 5.41) is 8.82. The Bertz CT molecular complexity index is 504. The first-order valence-electron chi connectivity index (χ1n) is 6.87. The molecule has 1 N–H and O–H groups in total. The number of likely N-dealkylation sites (tertiary alicyclic amines) is 1. The third-order valence-corrected chi connectivity index (χ3v) is 4.38. The van der Waals surface area contributed by atoms with Crippen molar-refractivity contribution in [2.45, 2.75) is 38.1 Å². The smallest absolute Gasteiger partial charge is 0.303 e. The van der Waals surface area contributed by atoms with E-state index in [0.29, 0.717) is 18.5 Å². The second kappa shape index (κ2) is 6.88. The summed E-state index contributed by atoms with van der Waals surface area (Å²) in [6.45, 7) is 0.713. The van der Waals surface area contributed by atoms with Crippen molar-refractivity contribution in [1.29, 1.82) is 0 Å². The normalized spacial score (nSPS) is 18.9. The molecule has 1 aromatic rings. The summed E-state index contributed by atoms with van der Waals surface area (Å²) in [6.07, 6.45) is 3.59. The van der Waals surface area contributed by atoms with Crippen LogP contribution in [0.4, 0.5) is 0 Å². The lowest BCUT2D eigenvalue weighted by Gasteiger charge is -2.36. The third kappa shape index (κ3) is 3.60. The van der Waals surface area contributed by atoms with Crippen molar-refractivity contribution in [3.05, 3.63) is 34.3 Å². The lowest BCUT2D eigenvalue weighted by atomic mass is 9.97. The van der Waals surface area contributed by atoms with Crippen LogP contribution in [0.25, 0.3) is 0 Å². The van der Waals surface area contributed by atoms with Crippen LogP contribution in [0.1, 0.15) is 42.5 Å². The standard InChI is InChI=1S/C15H18BrNO3/c16-13-7-2-1-6-12(13)15(20)17-10-4-3-5-11(17)8-9-14(18)19/h1-2,6-7,11H,3-5,8-10H2,(H,18,19)/t11-/m1/s1. The van der Waals surface area contributed by atoms with Gasteiger partial charge in [0.25, 0.3) is 5.91 Å². The fourth-order valence-corrected chi connectivity index (χ4v) is 3.10. The predicted octanol–water partition coefficient (Wildman–Crippen LogP) is 3.31. The maximum absolute atomic E-state index is 12.6. The summed E-state index contributed by atoms with van der Waals surface area (Å²) in [4.78, 5) is 25.2. The molecule has 1 heterocycles. The Labute approximate surface area is 126 Å². The Morgan fingerprint density at radius 2 is 2.05 bits per heavy atom. The number of halogens is 1. The van der Waals surface area contributed by atoms with Crippen molar-refractivity contribution in [2.75, 3.05) is 6.54 Å². The molecule has 1 aromatic carbocycles. The van der Waals surface area contributed by atoms with Crippen LogP contribution >= 0.6 is 15.9 Å². The fraction of sp³-hybridized carbons (Fsp3) is 0.467. The van der Waals surface area contributed by atoms with Crippen LogP contribution in [0.3, 0.4) is 0 Å². The molecule has 0 unspecified atom stereocenters. The zero-order valence-corrected chi connectivity index (χ0v) is 12.8. The molecule has 1 amide bonds. The van der Waals surface area contributed by atoms with Gasteiger partial charge in [-0.15, -0.1) is 0 Å². The highest BCUT2D eigenvalue weighted by atomic mass is 79.9. The zero-order chi connectivity index (χ0) is 14.5. The first-order valence-corrected chi connectivity index (χ1v) is 7.66. The molecule has 2 rings (SSSR count). The second-order valence-electron chi connectivity index (χ2n) is 5.06. The van der Waals surface area contributed by atoms with Gasteiger partial charge in [0.05, 0.1) is 5.56 Å². The van der Waals surface area contributed by atoms with Crippen molar-refractivity contribution >= 4 is 27.8 Å². The van der Waals surface area contributed by atoms with Crippen LogP contribution in [0, 0.1) is 0 Å². The van der Waals surface area contributed by atoms with E-state index in [1.165, 1.54) is 0 Å². The van der Waals surface area contributed by atoms with Crippen LogP contribution in [0.5, 0.6) is 0 Å². The summed E-state index contributed by atoms with van der Waals surface area (Å²) in [7, 11) is 0. The molecular formula is C15H18BrNO3. The monoisotopic (exact) mass is 339 g/mol. The molecule has 0 spiro atoms. The number of hydrogen-bond acceptors (Lipinski definition) is 2. The summed E-state index contributed by atoms with van der Waals surface area (Å²) >= 11 is 3.40. The summed E-state index contributed by atoms with van der Waals surface area (Å²) in [6, 6.07) is 7.41.